The first-order valence-electron chi connectivity index (χ1n) is 12.4. The summed E-state index contributed by atoms with van der Waals surface area (Å²) in [6.07, 6.45) is 1.33. The van der Waals surface area contributed by atoms with Crippen LogP contribution in [0.25, 0.3) is 61.3 Å². The van der Waals surface area contributed by atoms with Crippen LogP contribution in [0.2, 0.25) is 0 Å². The molecule has 39 heavy (non-hydrogen) atoms. The predicted molar refractivity (Wildman–Crippen MR) is 146 cm³/mol. The van der Waals surface area contributed by atoms with Gasteiger partial charge in [0.2, 0.25) is 5.71 Å². The van der Waals surface area contributed by atoms with Gasteiger partial charge in [0.1, 0.15) is 28.9 Å². The molecular weight excluding hydrogens is 499 g/mol. The van der Waals surface area contributed by atoms with Gasteiger partial charge in [0, 0.05) is 34.7 Å². The van der Waals surface area contributed by atoms with E-state index in [9.17, 15) is 13.2 Å². The van der Waals surface area contributed by atoms with Crippen molar-refractivity contribution >= 4 is 33.1 Å². The molecule has 190 valence electrons. The average Bonchev–Trinajstić information content (AvgIpc) is 3.47. The Labute approximate surface area is 221 Å². The number of imidazole rings is 1. The largest absolute Gasteiger partial charge is 0.437 e. The molecule has 7 heteroatoms. The molecule has 0 aliphatic heterocycles. The second kappa shape index (κ2) is 8.56. The molecule has 0 fully saturated rings. The van der Waals surface area contributed by atoms with E-state index in [-0.39, 0.29) is 11.1 Å². The van der Waals surface area contributed by atoms with E-state index in [0.717, 1.165) is 38.8 Å². The summed E-state index contributed by atoms with van der Waals surface area (Å²) >= 11 is 0. The molecule has 0 N–H and O–H groups in total. The van der Waals surface area contributed by atoms with E-state index in [2.05, 4.69) is 35.5 Å². The zero-order chi connectivity index (χ0) is 26.8. The molecule has 0 aliphatic carbocycles. The van der Waals surface area contributed by atoms with Crippen molar-refractivity contribution in [2.45, 2.75) is 13.8 Å². The Morgan fingerprint density at radius 2 is 1.49 bits per heavy atom. The van der Waals surface area contributed by atoms with Crippen LogP contribution in [0.5, 0.6) is 0 Å². The molecule has 0 saturated carbocycles. The van der Waals surface area contributed by atoms with Crippen LogP contribution in [0.3, 0.4) is 0 Å². The number of para-hydroxylation sites is 4. The minimum Gasteiger partial charge on any atom is -0.437 e. The van der Waals surface area contributed by atoms with Gasteiger partial charge in [-0.2, -0.15) is 0 Å². The minimum atomic E-state index is -0.996. The number of furan rings is 1. The van der Waals surface area contributed by atoms with Crippen molar-refractivity contribution in [1.82, 2.24) is 14.5 Å². The summed E-state index contributed by atoms with van der Waals surface area (Å²) in [5, 5.41) is 1.31. The van der Waals surface area contributed by atoms with Crippen molar-refractivity contribution in [3.8, 4) is 28.2 Å². The van der Waals surface area contributed by atoms with Crippen LogP contribution in [0.1, 0.15) is 11.1 Å². The third kappa shape index (κ3) is 3.54. The number of rotatable bonds is 3. The molecule has 0 spiro atoms. The van der Waals surface area contributed by atoms with Crippen molar-refractivity contribution in [1.29, 1.82) is 0 Å². The van der Waals surface area contributed by atoms with Gasteiger partial charge in [0.05, 0.1) is 27.8 Å². The summed E-state index contributed by atoms with van der Waals surface area (Å²) in [6.45, 7) is 4.14. The Morgan fingerprint density at radius 3 is 2.26 bits per heavy atom. The number of nitrogens with zero attached hydrogens (tertiary/aromatic N) is 3. The minimum absolute atomic E-state index is 0.188. The van der Waals surface area contributed by atoms with E-state index in [1.165, 1.54) is 6.20 Å². The zero-order valence-electron chi connectivity index (χ0n) is 21.0. The van der Waals surface area contributed by atoms with Gasteiger partial charge < -0.3 is 4.42 Å². The lowest BCUT2D eigenvalue weighted by Crippen LogP contribution is -2.02. The summed E-state index contributed by atoms with van der Waals surface area (Å²) < 4.78 is 51.0. The Kier molecular flexibility index (Phi) is 5.10. The van der Waals surface area contributed by atoms with Gasteiger partial charge in [-0.1, -0.05) is 42.5 Å². The van der Waals surface area contributed by atoms with E-state index < -0.39 is 17.5 Å². The lowest BCUT2D eigenvalue weighted by atomic mass is 10.0. The van der Waals surface area contributed by atoms with Crippen LogP contribution in [-0.2, 0) is 0 Å². The first-order chi connectivity index (χ1) is 18.9. The van der Waals surface area contributed by atoms with E-state index in [4.69, 9.17) is 9.40 Å². The third-order valence-corrected chi connectivity index (χ3v) is 7.12. The maximum Gasteiger partial charge on any atom is 0.227 e. The van der Waals surface area contributed by atoms with E-state index in [1.807, 2.05) is 48.5 Å². The average molecular weight is 520 g/mol. The molecule has 0 atom stereocenters. The SMILES string of the molecule is Cc1cccc(C)c1-n1c(-c2cccc3c2oc2ncc(-c4c(F)cc(F)cc4F)cc23)nc2ccccc21. The number of fused-ring (bicyclic) bond motifs is 4. The smallest absolute Gasteiger partial charge is 0.227 e. The fraction of sp³-hybridized carbons (Fsp3) is 0.0625. The van der Waals surface area contributed by atoms with Crippen molar-refractivity contribution in [3.05, 3.63) is 114 Å². The van der Waals surface area contributed by atoms with Gasteiger partial charge >= 0.3 is 0 Å². The summed E-state index contributed by atoms with van der Waals surface area (Å²) in [4.78, 5) is 9.37. The first-order valence-corrected chi connectivity index (χ1v) is 12.4. The van der Waals surface area contributed by atoms with Crippen molar-refractivity contribution < 1.29 is 17.6 Å². The molecule has 0 saturated heterocycles. The third-order valence-electron chi connectivity index (χ3n) is 7.12. The Hall–Kier alpha value is -4.91. The summed E-state index contributed by atoms with van der Waals surface area (Å²) in [7, 11) is 0. The highest BCUT2D eigenvalue weighted by Gasteiger charge is 2.22. The topological polar surface area (TPSA) is 43.9 Å². The van der Waals surface area contributed by atoms with Gasteiger partial charge in [-0.15, -0.1) is 0 Å². The number of hydrogen-bond donors (Lipinski definition) is 0. The zero-order valence-corrected chi connectivity index (χ0v) is 21.0. The molecule has 0 radical (unpaired) electrons. The van der Waals surface area contributed by atoms with Crippen molar-refractivity contribution in [3.63, 3.8) is 0 Å². The second-order valence-corrected chi connectivity index (χ2v) is 9.61. The van der Waals surface area contributed by atoms with Crippen LogP contribution in [0.4, 0.5) is 13.2 Å². The summed E-state index contributed by atoms with van der Waals surface area (Å²) in [5.74, 6) is -2.27. The highest BCUT2D eigenvalue weighted by atomic mass is 19.1. The number of aryl methyl sites for hydroxylation is 2. The maximum absolute atomic E-state index is 14.6. The number of aromatic nitrogens is 3. The molecule has 3 heterocycles. The number of pyridine rings is 1. The highest BCUT2D eigenvalue weighted by Crippen LogP contribution is 2.39. The fourth-order valence-electron chi connectivity index (χ4n) is 5.40. The first kappa shape index (κ1) is 23.2. The molecule has 0 bridgehead atoms. The van der Waals surface area contributed by atoms with Crippen LogP contribution in [0.15, 0.2) is 89.5 Å². The quantitative estimate of drug-likeness (QED) is 0.235. The normalized spacial score (nSPS) is 11.7. The number of benzene rings is 4. The number of halogens is 3. The highest BCUT2D eigenvalue weighted by molar-refractivity contribution is 6.09. The molecule has 0 aliphatic rings. The van der Waals surface area contributed by atoms with E-state index >= 15 is 0 Å². The Bertz CT molecular complexity index is 2050. The molecule has 4 nitrogen and oxygen atoms in total. The van der Waals surface area contributed by atoms with Gasteiger partial charge in [-0.25, -0.2) is 23.1 Å². The summed E-state index contributed by atoms with van der Waals surface area (Å²) in [6, 6.07) is 22.8. The van der Waals surface area contributed by atoms with Gasteiger partial charge in [-0.3, -0.25) is 4.57 Å². The standard InChI is InChI=1S/C32H20F3N3O/c1-17-7-5-8-18(2)29(17)38-27-12-4-3-11-26(27)37-31(38)22-10-6-9-21-23-13-19(16-36-32(23)39-30(21)22)28-24(34)14-20(33)15-25(28)35/h3-16H,1-2H3. The molecule has 7 rings (SSSR count). The van der Waals surface area contributed by atoms with E-state index in [0.29, 0.717) is 34.6 Å². The van der Waals surface area contributed by atoms with Gasteiger partial charge in [0.15, 0.2) is 0 Å². The van der Waals surface area contributed by atoms with Crippen LogP contribution >= 0.6 is 0 Å². The van der Waals surface area contributed by atoms with Crippen LogP contribution in [-0.4, -0.2) is 14.5 Å². The summed E-state index contributed by atoms with van der Waals surface area (Å²) in [5.41, 5.74) is 6.52. The van der Waals surface area contributed by atoms with Crippen molar-refractivity contribution in [2.24, 2.45) is 0 Å². The van der Waals surface area contributed by atoms with Gasteiger partial charge in [0.25, 0.3) is 0 Å². The lowest BCUT2D eigenvalue weighted by Gasteiger charge is -2.15. The second-order valence-electron chi connectivity index (χ2n) is 9.61. The van der Waals surface area contributed by atoms with Crippen LogP contribution in [0, 0.1) is 31.3 Å². The molecule has 0 unspecified atom stereocenters. The number of hydrogen-bond acceptors (Lipinski definition) is 3. The molecule has 0 amide bonds. The molecule has 4 aromatic carbocycles. The van der Waals surface area contributed by atoms with Crippen molar-refractivity contribution in [2.75, 3.05) is 0 Å². The monoisotopic (exact) mass is 519 g/mol. The maximum atomic E-state index is 14.6. The van der Waals surface area contributed by atoms with E-state index in [1.54, 1.807) is 6.07 Å². The molecule has 7 aromatic rings. The van der Waals surface area contributed by atoms with Crippen LogP contribution < -0.4 is 0 Å². The van der Waals surface area contributed by atoms with Gasteiger partial charge in [-0.05, 0) is 49.2 Å². The lowest BCUT2D eigenvalue weighted by molar-refractivity contribution is 0.548. The Balaban J connectivity index is 1.51. The fourth-order valence-corrected chi connectivity index (χ4v) is 5.40. The Morgan fingerprint density at radius 1 is 0.769 bits per heavy atom. The predicted octanol–water partition coefficient (Wildman–Crippen LogP) is 8.69. The molecular formula is C32H20F3N3O. The molecule has 3 aromatic heterocycles.